The first-order valence-electron chi connectivity index (χ1n) is 28.6. The summed E-state index contributed by atoms with van der Waals surface area (Å²) in [5, 5.41) is 0. The van der Waals surface area contributed by atoms with Crippen LogP contribution in [-0.4, -0.2) is 37.2 Å². The Kier molecular flexibility index (Phi) is 52.8. The van der Waals surface area contributed by atoms with E-state index in [2.05, 4.69) is 69.4 Å². The predicted octanol–water partition coefficient (Wildman–Crippen LogP) is 19.0. The normalized spacial score (nSPS) is 12.3. The lowest BCUT2D eigenvalue weighted by Crippen LogP contribution is -2.30. The van der Waals surface area contributed by atoms with Gasteiger partial charge in [-0.1, -0.05) is 243 Å². The fraction of sp³-hybridized carbons (Fsp3) is 0.817. The molecule has 0 aromatic carbocycles. The molecule has 6 heteroatoms. The van der Waals surface area contributed by atoms with Crippen LogP contribution >= 0.6 is 0 Å². The highest BCUT2D eigenvalue weighted by Gasteiger charge is 2.19. The number of carbonyl (C=O) groups excluding carboxylic acids is 3. The van der Waals surface area contributed by atoms with Crippen molar-refractivity contribution in [3.63, 3.8) is 0 Å². The Labute approximate surface area is 409 Å². The van der Waals surface area contributed by atoms with E-state index in [1.165, 1.54) is 167 Å². The van der Waals surface area contributed by atoms with Crippen LogP contribution in [0.1, 0.15) is 297 Å². The van der Waals surface area contributed by atoms with E-state index in [9.17, 15) is 14.4 Å². The van der Waals surface area contributed by atoms with Crippen LogP contribution in [0.25, 0.3) is 0 Å². The van der Waals surface area contributed by atoms with Crippen LogP contribution in [0.15, 0.2) is 48.6 Å². The van der Waals surface area contributed by atoms with Gasteiger partial charge in [0.15, 0.2) is 6.10 Å². The lowest BCUT2D eigenvalue weighted by molar-refractivity contribution is -0.167. The first-order chi connectivity index (χ1) is 32.5. The lowest BCUT2D eigenvalue weighted by atomic mass is 10.0. The van der Waals surface area contributed by atoms with Crippen LogP contribution in [0.3, 0.4) is 0 Å². The zero-order valence-corrected chi connectivity index (χ0v) is 44.0. The fourth-order valence-corrected chi connectivity index (χ4v) is 8.21. The second-order valence-corrected chi connectivity index (χ2v) is 19.2. The Morgan fingerprint density at radius 3 is 0.864 bits per heavy atom. The summed E-state index contributed by atoms with van der Waals surface area (Å²) in [5.41, 5.74) is 0. The number of rotatable bonds is 52. The average molecular weight is 926 g/mol. The maximum atomic E-state index is 12.8. The third-order valence-electron chi connectivity index (χ3n) is 12.6. The molecule has 0 saturated heterocycles. The minimum atomic E-state index is -0.780. The van der Waals surface area contributed by atoms with Crippen LogP contribution in [0, 0.1) is 0 Å². The smallest absolute Gasteiger partial charge is 0.306 e. The van der Waals surface area contributed by atoms with Crippen molar-refractivity contribution in [1.82, 2.24) is 0 Å². The first-order valence-corrected chi connectivity index (χ1v) is 28.6. The second kappa shape index (κ2) is 55.0. The van der Waals surface area contributed by atoms with Gasteiger partial charge in [0.05, 0.1) is 0 Å². The Bertz CT molecular complexity index is 1150. The first kappa shape index (κ1) is 63.4. The maximum absolute atomic E-state index is 12.8. The van der Waals surface area contributed by atoms with E-state index >= 15 is 0 Å². The Balaban J connectivity index is 4.36. The predicted molar refractivity (Wildman–Crippen MR) is 284 cm³/mol. The summed E-state index contributed by atoms with van der Waals surface area (Å²) in [6, 6.07) is 0. The number of unbranched alkanes of at least 4 members (excludes halogenated alkanes) is 33. The van der Waals surface area contributed by atoms with E-state index in [1.54, 1.807) is 0 Å². The molecule has 0 fully saturated rings. The van der Waals surface area contributed by atoms with Gasteiger partial charge in [0, 0.05) is 19.3 Å². The largest absolute Gasteiger partial charge is 0.462 e. The minimum absolute atomic E-state index is 0.0772. The maximum Gasteiger partial charge on any atom is 0.306 e. The summed E-state index contributed by atoms with van der Waals surface area (Å²) in [6.45, 7) is 6.60. The van der Waals surface area contributed by atoms with Crippen LogP contribution < -0.4 is 0 Å². The zero-order valence-electron chi connectivity index (χ0n) is 44.0. The van der Waals surface area contributed by atoms with Gasteiger partial charge in [0.2, 0.25) is 0 Å². The van der Waals surface area contributed by atoms with Crippen molar-refractivity contribution >= 4 is 17.9 Å². The van der Waals surface area contributed by atoms with Gasteiger partial charge in [-0.3, -0.25) is 14.4 Å². The molecule has 0 bridgehead atoms. The highest BCUT2D eigenvalue weighted by Crippen LogP contribution is 2.16. The molecule has 1 atom stereocenters. The van der Waals surface area contributed by atoms with Crippen LogP contribution in [0.2, 0.25) is 0 Å². The van der Waals surface area contributed by atoms with Gasteiger partial charge in [-0.2, -0.15) is 0 Å². The molecule has 0 unspecified atom stereocenters. The van der Waals surface area contributed by atoms with Gasteiger partial charge in [0.25, 0.3) is 0 Å². The van der Waals surface area contributed by atoms with Crippen LogP contribution in [0.5, 0.6) is 0 Å². The molecule has 0 amide bonds. The molecule has 0 aromatic rings. The molecule has 0 spiro atoms. The van der Waals surface area contributed by atoms with E-state index in [1.807, 2.05) is 0 Å². The third kappa shape index (κ3) is 52.3. The summed E-state index contributed by atoms with van der Waals surface area (Å²) in [5.74, 6) is -0.882. The molecular weight excluding hydrogens is 817 g/mol. The molecule has 0 heterocycles. The van der Waals surface area contributed by atoms with Crippen molar-refractivity contribution < 1.29 is 28.6 Å². The summed E-state index contributed by atoms with van der Waals surface area (Å²) >= 11 is 0. The lowest BCUT2D eigenvalue weighted by Gasteiger charge is -2.18. The van der Waals surface area contributed by atoms with Crippen LogP contribution in [0.4, 0.5) is 0 Å². The van der Waals surface area contributed by atoms with E-state index in [-0.39, 0.29) is 31.1 Å². The van der Waals surface area contributed by atoms with Gasteiger partial charge in [0.1, 0.15) is 13.2 Å². The molecule has 0 radical (unpaired) electrons. The van der Waals surface area contributed by atoms with Gasteiger partial charge < -0.3 is 14.2 Å². The van der Waals surface area contributed by atoms with Gasteiger partial charge in [-0.25, -0.2) is 0 Å². The number of esters is 3. The number of carbonyl (C=O) groups is 3. The quantitative estimate of drug-likeness (QED) is 0.0262. The van der Waals surface area contributed by atoms with Crippen molar-refractivity contribution in [2.75, 3.05) is 13.2 Å². The molecule has 0 aliphatic heterocycles. The summed E-state index contributed by atoms with van der Waals surface area (Å²) in [6.07, 6.45) is 66.6. The molecular formula is C60H108O6. The molecule has 0 aliphatic carbocycles. The second-order valence-electron chi connectivity index (χ2n) is 19.2. The highest BCUT2D eigenvalue weighted by molar-refractivity contribution is 5.71. The minimum Gasteiger partial charge on any atom is -0.462 e. The van der Waals surface area contributed by atoms with Gasteiger partial charge in [-0.05, 0) is 83.5 Å². The molecule has 66 heavy (non-hydrogen) atoms. The Hall–Kier alpha value is -2.63. The molecule has 0 aromatic heterocycles. The topological polar surface area (TPSA) is 78.9 Å². The number of allylic oxidation sites excluding steroid dienone is 8. The third-order valence-corrected chi connectivity index (χ3v) is 12.6. The SMILES string of the molecule is CCCCC/C=C/C/C=C/CCCCCCCCCCCC(=O)OC[C@@H](COC(=O)CCCCCCCCCCCCCCCC)OC(=O)CCCCCCC/C=C/C/C=C/CCCCC. The number of hydrogen-bond donors (Lipinski definition) is 0. The standard InChI is InChI=1S/C60H108O6/c1-4-7-10-13-16-19-22-25-28-29-30-31-33-35-38-41-44-47-50-53-59(62)65-56-57(55-64-58(61)52-49-46-43-40-37-34-27-24-21-18-15-12-9-6-3)66-60(63)54-51-48-45-42-39-36-32-26-23-20-17-14-11-8-5-2/h16-17,19-20,25-26,28,32,57H,4-15,18,21-24,27,29-31,33-56H2,1-3H3/b19-16+,20-17+,28-25+,32-26+/t57-/m1/s1. The average Bonchev–Trinajstić information content (AvgIpc) is 3.31. The highest BCUT2D eigenvalue weighted by atomic mass is 16.6. The van der Waals surface area contributed by atoms with E-state index < -0.39 is 6.10 Å². The molecule has 6 nitrogen and oxygen atoms in total. The molecule has 384 valence electrons. The van der Waals surface area contributed by atoms with Crippen molar-refractivity contribution in [3.8, 4) is 0 Å². The summed E-state index contributed by atoms with van der Waals surface area (Å²) < 4.78 is 16.9. The summed E-state index contributed by atoms with van der Waals surface area (Å²) in [7, 11) is 0. The number of ether oxygens (including phenoxy) is 3. The van der Waals surface area contributed by atoms with E-state index in [0.717, 1.165) is 89.9 Å². The van der Waals surface area contributed by atoms with E-state index in [0.29, 0.717) is 19.3 Å². The van der Waals surface area contributed by atoms with Crippen LogP contribution in [-0.2, 0) is 28.6 Å². The monoisotopic (exact) mass is 925 g/mol. The van der Waals surface area contributed by atoms with Crippen molar-refractivity contribution in [2.24, 2.45) is 0 Å². The fourth-order valence-electron chi connectivity index (χ4n) is 8.21. The van der Waals surface area contributed by atoms with Gasteiger partial charge >= 0.3 is 17.9 Å². The summed E-state index contributed by atoms with van der Waals surface area (Å²) in [4.78, 5) is 38.1. The molecule has 0 aliphatic rings. The number of hydrogen-bond acceptors (Lipinski definition) is 6. The molecule has 0 saturated carbocycles. The van der Waals surface area contributed by atoms with Crippen molar-refractivity contribution in [1.29, 1.82) is 0 Å². The Morgan fingerprint density at radius 2 is 0.545 bits per heavy atom. The molecule has 0 rings (SSSR count). The zero-order chi connectivity index (χ0) is 47.9. The molecule has 0 N–H and O–H groups in total. The van der Waals surface area contributed by atoms with Crippen molar-refractivity contribution in [2.45, 2.75) is 303 Å². The Morgan fingerprint density at radius 1 is 0.303 bits per heavy atom. The van der Waals surface area contributed by atoms with Crippen molar-refractivity contribution in [3.05, 3.63) is 48.6 Å². The van der Waals surface area contributed by atoms with E-state index in [4.69, 9.17) is 14.2 Å². The van der Waals surface area contributed by atoms with Gasteiger partial charge in [-0.15, -0.1) is 0 Å².